The second-order valence-electron chi connectivity index (χ2n) is 4.65. The Balaban J connectivity index is 2.27. The van der Waals surface area contributed by atoms with E-state index in [1.807, 2.05) is 25.1 Å². The van der Waals surface area contributed by atoms with Crippen molar-refractivity contribution >= 4 is 33.5 Å². The summed E-state index contributed by atoms with van der Waals surface area (Å²) in [5, 5.41) is 11.8. The van der Waals surface area contributed by atoms with Crippen LogP contribution in [-0.4, -0.2) is 36.6 Å². The molecule has 1 aliphatic heterocycles. The average molecular weight is 327 g/mol. The number of nitrogens with one attached hydrogen (secondary N) is 1. The van der Waals surface area contributed by atoms with Gasteiger partial charge < -0.3 is 15.3 Å². The first-order valence-corrected chi connectivity index (χ1v) is 6.77. The second-order valence-corrected chi connectivity index (χ2v) is 5.51. The molecular weight excluding hydrogens is 312 g/mol. The van der Waals surface area contributed by atoms with Crippen molar-refractivity contribution in [2.24, 2.45) is 5.92 Å². The molecule has 1 unspecified atom stereocenters. The van der Waals surface area contributed by atoms with Crippen LogP contribution in [0.15, 0.2) is 22.7 Å². The summed E-state index contributed by atoms with van der Waals surface area (Å²) in [5.74, 6) is -1.62. The molecule has 2 rings (SSSR count). The molecule has 0 aliphatic carbocycles. The molecule has 1 saturated heterocycles. The number of carbonyl (C=O) groups is 2. The van der Waals surface area contributed by atoms with Crippen molar-refractivity contribution in [1.29, 1.82) is 0 Å². The molecular formula is C13H15BrN2O3. The first-order valence-electron chi connectivity index (χ1n) is 5.98. The normalized spacial score (nSPS) is 19.8. The van der Waals surface area contributed by atoms with Crippen molar-refractivity contribution in [3.63, 3.8) is 0 Å². The number of hydrogen-bond acceptors (Lipinski definition) is 3. The number of carboxylic acids is 1. The highest BCUT2D eigenvalue weighted by molar-refractivity contribution is 9.10. The minimum absolute atomic E-state index is 0.149. The number of amides is 1. The molecule has 1 fully saturated rings. The molecule has 2 N–H and O–H groups in total. The quantitative estimate of drug-likeness (QED) is 0.861. The third kappa shape index (κ3) is 3.26. The number of nitrogens with zero attached hydrogens (tertiary/aromatic N) is 1. The Kier molecular flexibility index (Phi) is 4.09. The van der Waals surface area contributed by atoms with Gasteiger partial charge in [-0.2, -0.15) is 0 Å². The molecule has 102 valence electrons. The van der Waals surface area contributed by atoms with Gasteiger partial charge >= 0.3 is 5.97 Å². The molecule has 0 bridgehead atoms. The molecule has 0 radical (unpaired) electrons. The zero-order chi connectivity index (χ0) is 14.0. The fourth-order valence-corrected chi connectivity index (χ4v) is 2.30. The van der Waals surface area contributed by atoms with E-state index < -0.39 is 11.9 Å². The molecule has 1 aromatic carbocycles. The lowest BCUT2D eigenvalue weighted by atomic mass is 10.1. The Morgan fingerprint density at radius 2 is 2.26 bits per heavy atom. The number of rotatable bonds is 2. The van der Waals surface area contributed by atoms with Gasteiger partial charge in [0.1, 0.15) is 0 Å². The lowest BCUT2D eigenvalue weighted by Gasteiger charge is -2.24. The summed E-state index contributed by atoms with van der Waals surface area (Å²) < 4.78 is 0.991. The van der Waals surface area contributed by atoms with Crippen LogP contribution in [0, 0.1) is 12.8 Å². The first-order chi connectivity index (χ1) is 8.97. The second kappa shape index (κ2) is 5.61. The number of benzene rings is 1. The van der Waals surface area contributed by atoms with E-state index in [4.69, 9.17) is 5.11 Å². The molecule has 5 nitrogen and oxygen atoms in total. The Bertz CT molecular complexity index is 519. The Morgan fingerprint density at radius 3 is 2.89 bits per heavy atom. The maximum absolute atomic E-state index is 11.6. The molecule has 0 aromatic heterocycles. The van der Waals surface area contributed by atoms with Crippen LogP contribution in [0.5, 0.6) is 0 Å². The van der Waals surface area contributed by atoms with Crippen molar-refractivity contribution in [3.05, 3.63) is 28.2 Å². The number of carboxylic acid groups (broad SMARTS) is 1. The molecule has 1 amide bonds. The fourth-order valence-electron chi connectivity index (χ4n) is 2.05. The van der Waals surface area contributed by atoms with E-state index >= 15 is 0 Å². The van der Waals surface area contributed by atoms with Gasteiger partial charge in [-0.3, -0.25) is 9.59 Å². The highest BCUT2D eigenvalue weighted by atomic mass is 79.9. The number of anilines is 1. The number of aryl methyl sites for hydroxylation is 1. The zero-order valence-corrected chi connectivity index (χ0v) is 12.1. The molecule has 0 saturated carbocycles. The SMILES string of the molecule is Cc1cc(N2CC(=O)NCC(C(=O)O)C2)ccc1Br. The summed E-state index contributed by atoms with van der Waals surface area (Å²) >= 11 is 3.42. The number of halogens is 1. The molecule has 1 aromatic rings. The molecule has 19 heavy (non-hydrogen) atoms. The summed E-state index contributed by atoms with van der Waals surface area (Å²) in [5.41, 5.74) is 1.91. The van der Waals surface area contributed by atoms with Gasteiger partial charge in [0, 0.05) is 23.2 Å². The standard InChI is InChI=1S/C13H15BrN2O3/c1-8-4-10(2-3-11(8)14)16-6-9(13(18)19)5-15-12(17)7-16/h2-4,9H,5-7H2,1H3,(H,15,17)(H,18,19). The summed E-state index contributed by atoms with van der Waals surface area (Å²) in [6.07, 6.45) is 0. The smallest absolute Gasteiger partial charge is 0.310 e. The lowest BCUT2D eigenvalue weighted by molar-refractivity contribution is -0.141. The first kappa shape index (κ1) is 13.9. The van der Waals surface area contributed by atoms with Crippen molar-refractivity contribution in [3.8, 4) is 0 Å². The van der Waals surface area contributed by atoms with E-state index in [0.717, 1.165) is 15.7 Å². The van der Waals surface area contributed by atoms with Crippen LogP contribution in [0.2, 0.25) is 0 Å². The average Bonchev–Trinajstić information content (AvgIpc) is 2.55. The van der Waals surface area contributed by atoms with Crippen LogP contribution in [0.3, 0.4) is 0 Å². The fraction of sp³-hybridized carbons (Fsp3) is 0.385. The highest BCUT2D eigenvalue weighted by Gasteiger charge is 2.27. The van der Waals surface area contributed by atoms with Gasteiger partial charge in [0.2, 0.25) is 5.91 Å². The monoisotopic (exact) mass is 326 g/mol. The van der Waals surface area contributed by atoms with Crippen LogP contribution < -0.4 is 10.2 Å². The highest BCUT2D eigenvalue weighted by Crippen LogP contribution is 2.24. The van der Waals surface area contributed by atoms with Gasteiger partial charge in [-0.25, -0.2) is 0 Å². The van der Waals surface area contributed by atoms with Crippen molar-refractivity contribution in [2.45, 2.75) is 6.92 Å². The summed E-state index contributed by atoms with van der Waals surface area (Å²) in [7, 11) is 0. The van der Waals surface area contributed by atoms with E-state index in [9.17, 15) is 9.59 Å². The number of hydrogen-bond donors (Lipinski definition) is 2. The molecule has 0 spiro atoms. The van der Waals surface area contributed by atoms with Crippen molar-refractivity contribution in [1.82, 2.24) is 5.32 Å². The van der Waals surface area contributed by atoms with Crippen LogP contribution in [0.4, 0.5) is 5.69 Å². The van der Waals surface area contributed by atoms with Gasteiger partial charge in [-0.15, -0.1) is 0 Å². The maximum Gasteiger partial charge on any atom is 0.310 e. The van der Waals surface area contributed by atoms with Crippen LogP contribution in [0.1, 0.15) is 5.56 Å². The maximum atomic E-state index is 11.6. The molecule has 1 aliphatic rings. The molecule has 6 heteroatoms. The van der Waals surface area contributed by atoms with Gasteiger partial charge in [-0.05, 0) is 30.7 Å². The van der Waals surface area contributed by atoms with Crippen LogP contribution in [0.25, 0.3) is 0 Å². The van der Waals surface area contributed by atoms with Gasteiger partial charge in [0.15, 0.2) is 0 Å². The summed E-state index contributed by atoms with van der Waals surface area (Å²) in [4.78, 5) is 24.6. The van der Waals surface area contributed by atoms with Crippen molar-refractivity contribution in [2.75, 3.05) is 24.5 Å². The van der Waals surface area contributed by atoms with Crippen LogP contribution in [-0.2, 0) is 9.59 Å². The topological polar surface area (TPSA) is 69.6 Å². The van der Waals surface area contributed by atoms with E-state index in [1.165, 1.54) is 0 Å². The van der Waals surface area contributed by atoms with Gasteiger partial charge in [0.05, 0.1) is 12.5 Å². The van der Waals surface area contributed by atoms with E-state index in [0.29, 0.717) is 6.54 Å². The van der Waals surface area contributed by atoms with Gasteiger partial charge in [0.25, 0.3) is 0 Å². The van der Waals surface area contributed by atoms with Gasteiger partial charge in [-0.1, -0.05) is 15.9 Å². The van der Waals surface area contributed by atoms with Crippen molar-refractivity contribution < 1.29 is 14.7 Å². The summed E-state index contributed by atoms with van der Waals surface area (Å²) in [6.45, 7) is 2.65. The number of aliphatic carboxylic acids is 1. The van der Waals surface area contributed by atoms with E-state index in [1.54, 1.807) is 4.90 Å². The Morgan fingerprint density at radius 1 is 1.53 bits per heavy atom. The molecule has 1 heterocycles. The number of carbonyl (C=O) groups excluding carboxylic acids is 1. The minimum Gasteiger partial charge on any atom is -0.481 e. The zero-order valence-electron chi connectivity index (χ0n) is 10.5. The minimum atomic E-state index is -0.888. The summed E-state index contributed by atoms with van der Waals surface area (Å²) in [6, 6.07) is 5.74. The third-order valence-electron chi connectivity index (χ3n) is 3.18. The molecule has 1 atom stereocenters. The third-order valence-corrected chi connectivity index (χ3v) is 4.07. The van der Waals surface area contributed by atoms with E-state index in [2.05, 4.69) is 21.2 Å². The lowest BCUT2D eigenvalue weighted by Crippen LogP contribution is -2.34. The van der Waals surface area contributed by atoms with E-state index in [-0.39, 0.29) is 19.0 Å². The predicted octanol–water partition coefficient (Wildman–Crippen LogP) is 1.39. The van der Waals surface area contributed by atoms with Crippen LogP contribution >= 0.6 is 15.9 Å². The Labute approximate surface area is 119 Å². The predicted molar refractivity (Wildman–Crippen MR) is 75.2 cm³/mol. The Hall–Kier alpha value is -1.56. The largest absolute Gasteiger partial charge is 0.481 e.